The van der Waals surface area contributed by atoms with Crippen LogP contribution in [0.25, 0.3) is 10.9 Å². The van der Waals surface area contributed by atoms with Crippen LogP contribution in [0.4, 0.5) is 5.82 Å². The van der Waals surface area contributed by atoms with Gasteiger partial charge in [-0.15, -0.1) is 0 Å². The van der Waals surface area contributed by atoms with Crippen LogP contribution >= 0.6 is 0 Å². The Morgan fingerprint density at radius 1 is 1.23 bits per heavy atom. The van der Waals surface area contributed by atoms with Crippen molar-refractivity contribution in [3.05, 3.63) is 30.1 Å². The van der Waals surface area contributed by atoms with E-state index in [2.05, 4.69) is 15.4 Å². The second-order valence-electron chi connectivity index (χ2n) is 2.75. The van der Waals surface area contributed by atoms with Gasteiger partial charge >= 0.3 is 0 Å². The second-order valence-corrected chi connectivity index (χ2v) is 2.75. The summed E-state index contributed by atoms with van der Waals surface area (Å²) >= 11 is 0. The molecule has 0 bridgehead atoms. The molecule has 1 aromatic heterocycles. The van der Waals surface area contributed by atoms with E-state index in [1.54, 1.807) is 6.92 Å². The molecule has 66 valence electrons. The molecular formula is C9H9N3O. The summed E-state index contributed by atoms with van der Waals surface area (Å²) < 4.78 is 0. The Bertz CT molecular complexity index is 442. The van der Waals surface area contributed by atoms with Gasteiger partial charge in [0, 0.05) is 5.39 Å². The van der Waals surface area contributed by atoms with Crippen LogP contribution in [0.1, 0.15) is 5.82 Å². The number of anilines is 1. The summed E-state index contributed by atoms with van der Waals surface area (Å²) in [4.78, 5) is 8.27. The van der Waals surface area contributed by atoms with Crippen LogP contribution < -0.4 is 5.48 Å². The molecule has 2 rings (SSSR count). The maximum atomic E-state index is 8.82. The molecule has 2 aromatic rings. The van der Waals surface area contributed by atoms with E-state index in [1.165, 1.54) is 0 Å². The Hall–Kier alpha value is -1.68. The summed E-state index contributed by atoms with van der Waals surface area (Å²) in [7, 11) is 0. The number of hydrogen-bond donors (Lipinski definition) is 2. The van der Waals surface area contributed by atoms with Crippen LogP contribution in [0, 0.1) is 6.92 Å². The van der Waals surface area contributed by atoms with Gasteiger partial charge in [0.15, 0.2) is 5.82 Å². The molecule has 4 heteroatoms. The summed E-state index contributed by atoms with van der Waals surface area (Å²) in [5, 5.41) is 9.64. The number of nitrogens with zero attached hydrogens (tertiary/aromatic N) is 2. The van der Waals surface area contributed by atoms with Crippen molar-refractivity contribution in [1.82, 2.24) is 9.97 Å². The van der Waals surface area contributed by atoms with E-state index >= 15 is 0 Å². The quantitative estimate of drug-likeness (QED) is 0.648. The summed E-state index contributed by atoms with van der Waals surface area (Å²) in [6.45, 7) is 1.78. The first kappa shape index (κ1) is 7.94. The van der Waals surface area contributed by atoms with Crippen molar-refractivity contribution in [2.45, 2.75) is 6.92 Å². The van der Waals surface area contributed by atoms with Crippen LogP contribution in [0.15, 0.2) is 24.3 Å². The molecule has 0 unspecified atom stereocenters. The zero-order valence-electron chi connectivity index (χ0n) is 7.15. The average Bonchev–Trinajstić information content (AvgIpc) is 2.16. The molecule has 0 aliphatic carbocycles. The number of nitrogens with one attached hydrogen (secondary N) is 1. The lowest BCUT2D eigenvalue weighted by atomic mass is 10.2. The monoisotopic (exact) mass is 175 g/mol. The number of aromatic nitrogens is 2. The molecule has 0 atom stereocenters. The molecule has 1 heterocycles. The van der Waals surface area contributed by atoms with Crippen molar-refractivity contribution in [2.24, 2.45) is 0 Å². The molecular weight excluding hydrogens is 166 g/mol. The van der Waals surface area contributed by atoms with Crippen LogP contribution in [0.5, 0.6) is 0 Å². The van der Waals surface area contributed by atoms with Gasteiger partial charge in [0.05, 0.1) is 5.52 Å². The summed E-state index contributed by atoms with van der Waals surface area (Å²) in [5.41, 5.74) is 2.89. The Kier molecular flexibility index (Phi) is 1.83. The van der Waals surface area contributed by atoms with Gasteiger partial charge in [-0.05, 0) is 19.1 Å². The average molecular weight is 175 g/mol. The number of benzene rings is 1. The molecule has 0 fully saturated rings. The third-order valence-electron chi connectivity index (χ3n) is 1.82. The molecule has 0 saturated carbocycles. The van der Waals surface area contributed by atoms with Gasteiger partial charge < -0.3 is 0 Å². The first-order valence-electron chi connectivity index (χ1n) is 3.95. The highest BCUT2D eigenvalue weighted by molar-refractivity contribution is 5.88. The molecule has 0 aliphatic heterocycles. The Morgan fingerprint density at radius 3 is 2.77 bits per heavy atom. The van der Waals surface area contributed by atoms with Gasteiger partial charge in [-0.25, -0.2) is 9.97 Å². The van der Waals surface area contributed by atoms with Crippen LogP contribution in [0.3, 0.4) is 0 Å². The molecule has 0 amide bonds. The fourth-order valence-electron chi connectivity index (χ4n) is 1.28. The molecule has 13 heavy (non-hydrogen) atoms. The zero-order chi connectivity index (χ0) is 9.26. The summed E-state index contributed by atoms with van der Waals surface area (Å²) in [6, 6.07) is 7.51. The van der Waals surface area contributed by atoms with Crippen molar-refractivity contribution < 1.29 is 5.21 Å². The zero-order valence-corrected chi connectivity index (χ0v) is 7.15. The van der Waals surface area contributed by atoms with Gasteiger partial charge in [0.2, 0.25) is 0 Å². The van der Waals surface area contributed by atoms with Gasteiger partial charge in [-0.1, -0.05) is 12.1 Å². The van der Waals surface area contributed by atoms with E-state index in [9.17, 15) is 0 Å². The van der Waals surface area contributed by atoms with Crippen molar-refractivity contribution >= 4 is 16.7 Å². The fourth-order valence-corrected chi connectivity index (χ4v) is 1.28. The Balaban J connectivity index is 2.81. The topological polar surface area (TPSA) is 58.0 Å². The molecule has 0 aliphatic rings. The SMILES string of the molecule is Cc1nc(NO)c2ccccc2n1. The standard InChI is InChI=1S/C9H9N3O/c1-6-10-8-5-3-2-4-7(8)9(11-6)12-13/h2-5,13H,1H3,(H,10,11,12). The second kappa shape index (κ2) is 2.99. The van der Waals surface area contributed by atoms with E-state index < -0.39 is 0 Å². The highest BCUT2D eigenvalue weighted by Gasteiger charge is 2.02. The number of para-hydroxylation sites is 1. The van der Waals surface area contributed by atoms with Crippen molar-refractivity contribution in [3.63, 3.8) is 0 Å². The van der Waals surface area contributed by atoms with Crippen LogP contribution in [-0.4, -0.2) is 15.2 Å². The Morgan fingerprint density at radius 2 is 2.00 bits per heavy atom. The van der Waals surface area contributed by atoms with Crippen LogP contribution in [0.2, 0.25) is 0 Å². The highest BCUT2D eigenvalue weighted by Crippen LogP contribution is 2.18. The smallest absolute Gasteiger partial charge is 0.161 e. The van der Waals surface area contributed by atoms with Crippen molar-refractivity contribution in [1.29, 1.82) is 0 Å². The molecule has 1 aromatic carbocycles. The third-order valence-corrected chi connectivity index (χ3v) is 1.82. The minimum absolute atomic E-state index is 0.447. The lowest BCUT2D eigenvalue weighted by Crippen LogP contribution is -1.98. The number of hydrogen-bond acceptors (Lipinski definition) is 4. The minimum Gasteiger partial charge on any atom is -0.290 e. The normalized spacial score (nSPS) is 10.3. The molecule has 0 saturated heterocycles. The lowest BCUT2D eigenvalue weighted by molar-refractivity contribution is 0.386. The van der Waals surface area contributed by atoms with E-state index in [1.807, 2.05) is 24.3 Å². The van der Waals surface area contributed by atoms with E-state index in [4.69, 9.17) is 5.21 Å². The maximum absolute atomic E-state index is 8.82. The van der Waals surface area contributed by atoms with Crippen molar-refractivity contribution in [3.8, 4) is 0 Å². The molecule has 0 radical (unpaired) electrons. The molecule has 0 spiro atoms. The fraction of sp³-hybridized carbons (Fsp3) is 0.111. The van der Waals surface area contributed by atoms with Crippen LogP contribution in [-0.2, 0) is 0 Å². The van der Waals surface area contributed by atoms with Crippen molar-refractivity contribution in [2.75, 3.05) is 5.48 Å². The summed E-state index contributed by atoms with van der Waals surface area (Å²) in [5.74, 6) is 1.08. The van der Waals surface area contributed by atoms with E-state index in [0.29, 0.717) is 11.6 Å². The first-order valence-corrected chi connectivity index (χ1v) is 3.95. The van der Waals surface area contributed by atoms with E-state index in [-0.39, 0.29) is 0 Å². The van der Waals surface area contributed by atoms with E-state index in [0.717, 1.165) is 10.9 Å². The summed E-state index contributed by atoms with van der Waals surface area (Å²) in [6.07, 6.45) is 0. The lowest BCUT2D eigenvalue weighted by Gasteiger charge is -2.03. The largest absolute Gasteiger partial charge is 0.290 e. The highest BCUT2D eigenvalue weighted by atomic mass is 16.5. The van der Waals surface area contributed by atoms with Gasteiger partial charge in [-0.3, -0.25) is 10.7 Å². The number of fused-ring (bicyclic) bond motifs is 1. The Labute approximate surface area is 75.2 Å². The number of aryl methyl sites for hydroxylation is 1. The van der Waals surface area contributed by atoms with Gasteiger partial charge in [-0.2, -0.15) is 0 Å². The predicted octanol–water partition coefficient (Wildman–Crippen LogP) is 1.74. The minimum atomic E-state index is 0.447. The first-order chi connectivity index (χ1) is 6.31. The predicted molar refractivity (Wildman–Crippen MR) is 49.7 cm³/mol. The van der Waals surface area contributed by atoms with Gasteiger partial charge in [0.1, 0.15) is 5.82 Å². The molecule has 4 nitrogen and oxygen atoms in total. The molecule has 2 N–H and O–H groups in total. The third kappa shape index (κ3) is 1.31. The van der Waals surface area contributed by atoms with Gasteiger partial charge in [0.25, 0.3) is 0 Å². The maximum Gasteiger partial charge on any atom is 0.161 e. The number of rotatable bonds is 1.